The minimum atomic E-state index is 0.00464. The maximum Gasteiger partial charge on any atom is 0.257 e. The second kappa shape index (κ2) is 7.64. The molecular weight excluding hydrogens is 302 g/mol. The van der Waals surface area contributed by atoms with Crippen LogP contribution < -0.4 is 5.73 Å². The van der Waals surface area contributed by atoms with E-state index in [0.717, 1.165) is 32.5 Å². The van der Waals surface area contributed by atoms with Gasteiger partial charge in [-0.15, -0.1) is 0 Å². The van der Waals surface area contributed by atoms with Crippen molar-refractivity contribution in [2.75, 3.05) is 20.1 Å². The van der Waals surface area contributed by atoms with Gasteiger partial charge in [0.15, 0.2) is 0 Å². The zero-order valence-electron chi connectivity index (χ0n) is 14.1. The molecule has 1 amide bonds. The Kier molecular flexibility index (Phi) is 5.33. The van der Waals surface area contributed by atoms with E-state index in [1.54, 1.807) is 6.07 Å². The van der Waals surface area contributed by atoms with Gasteiger partial charge in [-0.25, -0.2) is 0 Å². The van der Waals surface area contributed by atoms with E-state index in [9.17, 15) is 4.79 Å². The van der Waals surface area contributed by atoms with Crippen molar-refractivity contribution in [3.63, 3.8) is 0 Å². The maximum absolute atomic E-state index is 12.6. The van der Waals surface area contributed by atoms with E-state index >= 15 is 0 Å². The molecule has 2 heterocycles. The highest BCUT2D eigenvalue weighted by molar-refractivity contribution is 5.94. The second-order valence-electron chi connectivity index (χ2n) is 6.44. The van der Waals surface area contributed by atoms with Crippen LogP contribution >= 0.6 is 0 Å². The maximum atomic E-state index is 12.6. The molecule has 1 atom stereocenters. The van der Waals surface area contributed by atoms with Gasteiger partial charge < -0.3 is 15.1 Å². The summed E-state index contributed by atoms with van der Waals surface area (Å²) in [4.78, 5) is 16.9. The highest BCUT2D eigenvalue weighted by Crippen LogP contribution is 2.19. The van der Waals surface area contributed by atoms with Gasteiger partial charge in [0.1, 0.15) is 12.0 Å². The van der Waals surface area contributed by atoms with Crippen LogP contribution in [0, 0.1) is 0 Å². The Morgan fingerprint density at radius 2 is 2.17 bits per heavy atom. The summed E-state index contributed by atoms with van der Waals surface area (Å²) in [6.07, 6.45) is 3.65. The first kappa shape index (κ1) is 16.7. The summed E-state index contributed by atoms with van der Waals surface area (Å²) in [6, 6.07) is 12.4. The lowest BCUT2D eigenvalue weighted by molar-refractivity contribution is 0.0608. The molecule has 0 saturated carbocycles. The molecule has 5 heteroatoms. The first-order valence-corrected chi connectivity index (χ1v) is 8.48. The molecule has 1 fully saturated rings. The van der Waals surface area contributed by atoms with Crippen LogP contribution in [-0.2, 0) is 13.1 Å². The van der Waals surface area contributed by atoms with Gasteiger partial charge in [-0.05, 0) is 31.0 Å². The Labute approximate surface area is 143 Å². The summed E-state index contributed by atoms with van der Waals surface area (Å²) in [7, 11) is 1.88. The van der Waals surface area contributed by atoms with Gasteiger partial charge in [-0.1, -0.05) is 30.3 Å². The van der Waals surface area contributed by atoms with E-state index in [-0.39, 0.29) is 11.9 Å². The molecule has 0 spiro atoms. The Bertz CT molecular complexity index is 668. The van der Waals surface area contributed by atoms with E-state index < -0.39 is 0 Å². The molecule has 0 bridgehead atoms. The molecule has 1 unspecified atom stereocenters. The minimum Gasteiger partial charge on any atom is -0.467 e. The Balaban J connectivity index is 1.62. The number of carbonyl (C=O) groups excluding carboxylic acids is 1. The van der Waals surface area contributed by atoms with E-state index in [4.69, 9.17) is 10.2 Å². The fourth-order valence-corrected chi connectivity index (χ4v) is 3.30. The van der Waals surface area contributed by atoms with E-state index in [0.29, 0.717) is 17.9 Å². The number of piperidine rings is 1. The van der Waals surface area contributed by atoms with E-state index in [2.05, 4.69) is 29.2 Å². The number of nitrogens with zero attached hydrogens (tertiary/aromatic N) is 2. The quantitative estimate of drug-likeness (QED) is 0.916. The molecule has 1 aromatic carbocycles. The molecular formula is C19H25N3O2. The van der Waals surface area contributed by atoms with Crippen molar-refractivity contribution < 1.29 is 9.21 Å². The molecule has 1 aliphatic heterocycles. The smallest absolute Gasteiger partial charge is 0.257 e. The number of likely N-dealkylation sites (N-methyl/N-ethyl adjacent to an activating group) is 1. The third-order valence-corrected chi connectivity index (χ3v) is 4.70. The van der Waals surface area contributed by atoms with Crippen molar-refractivity contribution in [3.05, 3.63) is 59.5 Å². The minimum absolute atomic E-state index is 0.00464. The van der Waals surface area contributed by atoms with Gasteiger partial charge in [0, 0.05) is 26.2 Å². The van der Waals surface area contributed by atoms with Gasteiger partial charge in [0.2, 0.25) is 0 Å². The summed E-state index contributed by atoms with van der Waals surface area (Å²) in [5.41, 5.74) is 7.44. The standard InChI is InChI=1S/C19H25N3O2/c1-21(19(23)16-10-18(11-20)24-14-16)17-8-5-9-22(13-17)12-15-6-3-2-4-7-15/h2-4,6-7,10,14,17H,5,8-9,11-13,20H2,1H3. The molecule has 128 valence electrons. The first-order valence-electron chi connectivity index (χ1n) is 8.48. The molecule has 24 heavy (non-hydrogen) atoms. The normalized spacial score (nSPS) is 18.5. The van der Waals surface area contributed by atoms with Gasteiger partial charge in [-0.2, -0.15) is 0 Å². The summed E-state index contributed by atoms with van der Waals surface area (Å²) < 4.78 is 5.29. The topological polar surface area (TPSA) is 62.7 Å². The van der Waals surface area contributed by atoms with E-state index in [1.807, 2.05) is 18.0 Å². The second-order valence-corrected chi connectivity index (χ2v) is 6.44. The number of benzene rings is 1. The first-order chi connectivity index (χ1) is 11.7. The largest absolute Gasteiger partial charge is 0.467 e. The average Bonchev–Trinajstić information content (AvgIpc) is 3.11. The predicted molar refractivity (Wildman–Crippen MR) is 93.4 cm³/mol. The number of likely N-dealkylation sites (tertiary alicyclic amines) is 1. The lowest BCUT2D eigenvalue weighted by Gasteiger charge is -2.37. The molecule has 1 aliphatic rings. The lowest BCUT2D eigenvalue weighted by Crippen LogP contribution is -2.48. The van der Waals surface area contributed by atoms with Crippen LogP contribution in [0.3, 0.4) is 0 Å². The fraction of sp³-hybridized carbons (Fsp3) is 0.421. The van der Waals surface area contributed by atoms with Gasteiger partial charge >= 0.3 is 0 Å². The molecule has 0 aliphatic carbocycles. The van der Waals surface area contributed by atoms with Crippen LogP contribution in [-0.4, -0.2) is 41.9 Å². The van der Waals surface area contributed by atoms with Crippen molar-refractivity contribution in [3.8, 4) is 0 Å². The van der Waals surface area contributed by atoms with Crippen LogP contribution in [0.5, 0.6) is 0 Å². The Morgan fingerprint density at radius 3 is 2.88 bits per heavy atom. The fourth-order valence-electron chi connectivity index (χ4n) is 3.30. The van der Waals surface area contributed by atoms with Crippen molar-refractivity contribution in [1.29, 1.82) is 0 Å². The molecule has 5 nitrogen and oxygen atoms in total. The summed E-state index contributed by atoms with van der Waals surface area (Å²) >= 11 is 0. The Morgan fingerprint density at radius 1 is 1.38 bits per heavy atom. The molecule has 1 aromatic heterocycles. The summed E-state index contributed by atoms with van der Waals surface area (Å²) in [5.74, 6) is 0.645. The number of carbonyl (C=O) groups is 1. The summed E-state index contributed by atoms with van der Waals surface area (Å²) in [5, 5.41) is 0. The summed E-state index contributed by atoms with van der Waals surface area (Å²) in [6.45, 7) is 3.23. The van der Waals surface area contributed by atoms with Gasteiger partial charge in [-0.3, -0.25) is 9.69 Å². The number of furan rings is 1. The van der Waals surface area contributed by atoms with Crippen LogP contribution in [0.25, 0.3) is 0 Å². The van der Waals surface area contributed by atoms with E-state index in [1.165, 1.54) is 11.8 Å². The Hall–Kier alpha value is -2.11. The number of amides is 1. The highest BCUT2D eigenvalue weighted by atomic mass is 16.3. The van der Waals surface area contributed by atoms with Crippen molar-refractivity contribution >= 4 is 5.91 Å². The zero-order chi connectivity index (χ0) is 16.9. The number of hydrogen-bond donors (Lipinski definition) is 1. The average molecular weight is 327 g/mol. The molecule has 2 N–H and O–H groups in total. The predicted octanol–water partition coefficient (Wildman–Crippen LogP) is 2.47. The number of hydrogen-bond acceptors (Lipinski definition) is 4. The van der Waals surface area contributed by atoms with Crippen molar-refractivity contribution in [2.45, 2.75) is 32.0 Å². The van der Waals surface area contributed by atoms with Crippen molar-refractivity contribution in [1.82, 2.24) is 9.80 Å². The third-order valence-electron chi connectivity index (χ3n) is 4.70. The third kappa shape index (κ3) is 3.86. The number of nitrogens with two attached hydrogens (primary N) is 1. The molecule has 3 rings (SSSR count). The molecule has 2 aromatic rings. The highest BCUT2D eigenvalue weighted by Gasteiger charge is 2.27. The SMILES string of the molecule is CN(C(=O)c1coc(CN)c1)C1CCCN(Cc2ccccc2)C1. The van der Waals surface area contributed by atoms with Crippen LogP contribution in [0.2, 0.25) is 0 Å². The van der Waals surface area contributed by atoms with Crippen LogP contribution in [0.1, 0.15) is 34.5 Å². The van der Waals surface area contributed by atoms with Crippen LogP contribution in [0.4, 0.5) is 0 Å². The van der Waals surface area contributed by atoms with Gasteiger partial charge in [0.25, 0.3) is 5.91 Å². The molecule has 1 saturated heterocycles. The lowest BCUT2D eigenvalue weighted by atomic mass is 10.0. The monoisotopic (exact) mass is 327 g/mol. The van der Waals surface area contributed by atoms with Gasteiger partial charge in [0.05, 0.1) is 12.1 Å². The number of rotatable bonds is 5. The van der Waals surface area contributed by atoms with Crippen molar-refractivity contribution in [2.24, 2.45) is 5.73 Å². The zero-order valence-corrected chi connectivity index (χ0v) is 14.1. The van der Waals surface area contributed by atoms with Crippen LogP contribution in [0.15, 0.2) is 47.1 Å². The molecule has 0 radical (unpaired) electrons.